The Kier molecular flexibility index (Phi) is 8.83. The van der Waals surface area contributed by atoms with Crippen molar-refractivity contribution in [1.29, 1.82) is 0 Å². The van der Waals surface area contributed by atoms with Gasteiger partial charge in [0, 0.05) is 32.9 Å². The van der Waals surface area contributed by atoms with Crippen LogP contribution in [0.25, 0.3) is 0 Å². The summed E-state index contributed by atoms with van der Waals surface area (Å²) in [4.78, 5) is 38.1. The van der Waals surface area contributed by atoms with E-state index in [1.165, 1.54) is 18.1 Å². The summed E-state index contributed by atoms with van der Waals surface area (Å²) in [6.45, 7) is 10.6. The Morgan fingerprint density at radius 3 is 2.61 bits per heavy atom. The highest BCUT2D eigenvalue weighted by Crippen LogP contribution is 2.47. The Hall–Kier alpha value is -1.82. The fourth-order valence-electron chi connectivity index (χ4n) is 4.14. The molecule has 0 radical (unpaired) electrons. The van der Waals surface area contributed by atoms with Gasteiger partial charge in [-0.3, -0.25) is 10.1 Å². The van der Waals surface area contributed by atoms with Gasteiger partial charge in [-0.15, -0.1) is 6.58 Å². The van der Waals surface area contributed by atoms with Gasteiger partial charge in [0.05, 0.1) is 6.10 Å². The predicted octanol–water partition coefficient (Wildman–Crippen LogP) is 1.27. The maximum atomic E-state index is 12.6. The third-order valence-corrected chi connectivity index (χ3v) is 6.95. The van der Waals surface area contributed by atoms with Gasteiger partial charge in [0.25, 0.3) is 0 Å². The molecule has 2 aliphatic heterocycles. The molecule has 188 valence electrons. The Labute approximate surface area is 200 Å². The molecule has 0 bridgehead atoms. The number of aliphatic hydroxyl groups is 1. The van der Waals surface area contributed by atoms with Gasteiger partial charge in [-0.1, -0.05) is 13.0 Å². The number of rotatable bonds is 11. The number of carbonyl (C=O) groups excluding carboxylic acids is 3. The van der Waals surface area contributed by atoms with E-state index in [0.717, 1.165) is 0 Å². The maximum Gasteiger partial charge on any atom is 0.409 e. The summed E-state index contributed by atoms with van der Waals surface area (Å²) in [7, 11) is 2.96. The fraction of sp³-hybridized carbons (Fsp3) is 0.773. The van der Waals surface area contributed by atoms with Crippen molar-refractivity contribution < 1.29 is 38.4 Å². The second-order valence-electron chi connectivity index (χ2n) is 8.90. The van der Waals surface area contributed by atoms with Crippen molar-refractivity contribution in [2.45, 2.75) is 82.3 Å². The van der Waals surface area contributed by atoms with Crippen LogP contribution in [0, 0.1) is 5.92 Å². The zero-order valence-corrected chi connectivity index (χ0v) is 21.0. The number of alkyl carbamates (subject to hydrolysis) is 1. The zero-order chi connectivity index (χ0) is 25.1. The summed E-state index contributed by atoms with van der Waals surface area (Å²) in [6, 6.07) is -0.761. The van der Waals surface area contributed by atoms with Gasteiger partial charge in [-0.25, -0.2) is 9.59 Å². The minimum Gasteiger partial charge on any atom is -0.458 e. The number of epoxide rings is 1. The first-order valence-corrected chi connectivity index (χ1v) is 11.6. The summed E-state index contributed by atoms with van der Waals surface area (Å²) in [5, 5.41) is 13.3. The quantitative estimate of drug-likeness (QED) is 0.172. The summed E-state index contributed by atoms with van der Waals surface area (Å²) >= 11 is 4.04. The largest absolute Gasteiger partial charge is 0.458 e. The van der Waals surface area contributed by atoms with Crippen molar-refractivity contribution in [2.24, 2.45) is 5.92 Å². The van der Waals surface area contributed by atoms with E-state index in [4.69, 9.17) is 18.9 Å². The van der Waals surface area contributed by atoms with Gasteiger partial charge >= 0.3 is 12.1 Å². The molecule has 2 heterocycles. The normalized spacial score (nSPS) is 32.4. The zero-order valence-electron chi connectivity index (χ0n) is 20.1. The van der Waals surface area contributed by atoms with Crippen molar-refractivity contribution in [3.8, 4) is 0 Å². The molecule has 8 unspecified atom stereocenters. The molecule has 0 aromatic rings. The SMILES string of the molecule is C=CC(OC)C1(O)CC(C(C)C2OC2(C)C(C)OC(=O)C(C)N(C)C(=O)CCS)OC(=O)N1. The van der Waals surface area contributed by atoms with E-state index >= 15 is 0 Å². The van der Waals surface area contributed by atoms with Gasteiger partial charge in [0.1, 0.15) is 30.0 Å². The van der Waals surface area contributed by atoms with Crippen molar-refractivity contribution in [3.63, 3.8) is 0 Å². The molecule has 0 spiro atoms. The summed E-state index contributed by atoms with van der Waals surface area (Å²) in [5.41, 5.74) is -2.48. The van der Waals surface area contributed by atoms with E-state index < -0.39 is 47.7 Å². The molecule has 0 aromatic heterocycles. The molecular formula is C22H36N2O8S. The van der Waals surface area contributed by atoms with E-state index in [1.54, 1.807) is 20.9 Å². The predicted molar refractivity (Wildman–Crippen MR) is 123 cm³/mol. The Bertz CT molecular complexity index is 767. The number of carbonyl (C=O) groups is 3. The smallest absolute Gasteiger partial charge is 0.409 e. The maximum absolute atomic E-state index is 12.6. The average Bonchev–Trinajstić information content (AvgIpc) is 3.45. The average molecular weight is 489 g/mol. The third-order valence-electron chi connectivity index (χ3n) is 6.72. The highest BCUT2D eigenvalue weighted by Gasteiger charge is 2.63. The first kappa shape index (κ1) is 27.4. The number of likely N-dealkylation sites (N-methyl/N-ethyl adjacent to an activating group) is 1. The van der Waals surface area contributed by atoms with Crippen LogP contribution in [0.3, 0.4) is 0 Å². The van der Waals surface area contributed by atoms with Gasteiger partial charge in [0.2, 0.25) is 5.91 Å². The van der Waals surface area contributed by atoms with Crippen LogP contribution < -0.4 is 5.32 Å². The lowest BCUT2D eigenvalue weighted by Crippen LogP contribution is -2.63. The van der Waals surface area contributed by atoms with Crippen LogP contribution in [0.1, 0.15) is 40.5 Å². The van der Waals surface area contributed by atoms with Crippen LogP contribution >= 0.6 is 12.6 Å². The number of amides is 2. The molecular weight excluding hydrogens is 452 g/mol. The number of ether oxygens (including phenoxy) is 4. The van der Waals surface area contributed by atoms with E-state index in [9.17, 15) is 19.5 Å². The van der Waals surface area contributed by atoms with Gasteiger partial charge in [-0.05, 0) is 26.5 Å². The monoisotopic (exact) mass is 488 g/mol. The lowest BCUT2D eigenvalue weighted by molar-refractivity contribution is -0.159. The molecule has 2 aliphatic rings. The first-order valence-electron chi connectivity index (χ1n) is 11.0. The van der Waals surface area contributed by atoms with Crippen LogP contribution in [0.5, 0.6) is 0 Å². The molecule has 0 saturated carbocycles. The standard InChI is InChI=1S/C22H36N2O8S/c1-8-16(29-7)22(28)11-15(31-20(27)23-22)12(2)18-21(5,32-18)14(4)30-19(26)13(3)24(6)17(25)9-10-33/h8,12-16,18,28,33H,1,9-11H2,2-7H3,(H,23,27). The Balaban J connectivity index is 2.02. The minimum atomic E-state index is -1.67. The van der Waals surface area contributed by atoms with Crippen LogP contribution in [-0.2, 0) is 28.5 Å². The molecule has 0 aliphatic carbocycles. The minimum absolute atomic E-state index is 0.0592. The molecule has 33 heavy (non-hydrogen) atoms. The summed E-state index contributed by atoms with van der Waals surface area (Å²) in [5.74, 6) is -0.664. The second-order valence-corrected chi connectivity index (χ2v) is 9.35. The summed E-state index contributed by atoms with van der Waals surface area (Å²) in [6.07, 6.45) is -1.57. The van der Waals surface area contributed by atoms with Crippen LogP contribution in [-0.4, -0.2) is 89.7 Å². The molecule has 2 rings (SSSR count). The van der Waals surface area contributed by atoms with Crippen LogP contribution in [0.15, 0.2) is 12.7 Å². The highest BCUT2D eigenvalue weighted by atomic mass is 32.1. The second kappa shape index (κ2) is 10.6. The number of methoxy groups -OCH3 is 1. The van der Waals surface area contributed by atoms with Crippen molar-refractivity contribution in [3.05, 3.63) is 12.7 Å². The molecule has 8 atom stereocenters. The topological polar surface area (TPSA) is 127 Å². The lowest BCUT2D eigenvalue weighted by atomic mass is 9.84. The van der Waals surface area contributed by atoms with E-state index in [2.05, 4.69) is 24.5 Å². The number of cyclic esters (lactones) is 1. The Morgan fingerprint density at radius 1 is 1.42 bits per heavy atom. The lowest BCUT2D eigenvalue weighted by Gasteiger charge is -2.42. The number of hydrogen-bond donors (Lipinski definition) is 3. The van der Waals surface area contributed by atoms with E-state index in [1.807, 2.05) is 13.8 Å². The number of nitrogens with zero attached hydrogens (tertiary/aromatic N) is 1. The van der Waals surface area contributed by atoms with Crippen molar-refractivity contribution in [2.75, 3.05) is 19.9 Å². The molecule has 0 aromatic carbocycles. The molecule has 10 nitrogen and oxygen atoms in total. The van der Waals surface area contributed by atoms with Crippen molar-refractivity contribution in [1.82, 2.24) is 10.2 Å². The molecule has 2 saturated heterocycles. The molecule has 11 heteroatoms. The number of thiol groups is 1. The van der Waals surface area contributed by atoms with Gasteiger partial charge in [-0.2, -0.15) is 12.6 Å². The number of esters is 1. The molecule has 2 amide bonds. The van der Waals surface area contributed by atoms with Crippen LogP contribution in [0.2, 0.25) is 0 Å². The summed E-state index contributed by atoms with van der Waals surface area (Å²) < 4.78 is 22.2. The fourth-order valence-corrected chi connectivity index (χ4v) is 4.33. The highest BCUT2D eigenvalue weighted by molar-refractivity contribution is 7.80. The van der Waals surface area contributed by atoms with E-state index in [0.29, 0.717) is 5.75 Å². The van der Waals surface area contributed by atoms with Crippen molar-refractivity contribution >= 4 is 30.6 Å². The van der Waals surface area contributed by atoms with Gasteiger partial charge in [0.15, 0.2) is 5.72 Å². The van der Waals surface area contributed by atoms with Crippen LogP contribution in [0.4, 0.5) is 4.79 Å². The van der Waals surface area contributed by atoms with E-state index in [-0.39, 0.29) is 30.8 Å². The molecule has 2 N–H and O–H groups in total. The number of hydrogen-bond acceptors (Lipinski definition) is 9. The Morgan fingerprint density at radius 2 is 2.06 bits per heavy atom. The number of nitrogens with one attached hydrogen (secondary N) is 1. The first-order chi connectivity index (χ1) is 15.3. The van der Waals surface area contributed by atoms with Gasteiger partial charge < -0.3 is 29.0 Å². The third kappa shape index (κ3) is 5.82. The molecule has 2 fully saturated rings.